The second-order valence-corrected chi connectivity index (χ2v) is 14.4. The summed E-state index contributed by atoms with van der Waals surface area (Å²) in [6.07, 6.45) is 11.3. The highest BCUT2D eigenvalue weighted by Gasteiger charge is 2.47. The molecule has 11 rings (SSSR count). The van der Waals surface area contributed by atoms with Crippen LogP contribution in [0.25, 0.3) is 55.8 Å². The number of anilines is 2. The number of hydrogen-bond donors (Lipinski definition) is 0. The Kier molecular flexibility index (Phi) is 7.37. The third-order valence-electron chi connectivity index (χ3n) is 11.1. The molecule has 0 radical (unpaired) electrons. The van der Waals surface area contributed by atoms with Gasteiger partial charge >= 0.3 is 0 Å². The van der Waals surface area contributed by atoms with Crippen molar-refractivity contribution in [3.63, 3.8) is 0 Å². The molecule has 0 amide bonds. The van der Waals surface area contributed by atoms with Crippen molar-refractivity contribution in [3.05, 3.63) is 205 Å². The molecule has 2 aliphatic carbocycles. The van der Waals surface area contributed by atoms with Gasteiger partial charge in [-0.3, -0.25) is 0 Å². The van der Waals surface area contributed by atoms with Gasteiger partial charge in [0, 0.05) is 40.1 Å². The van der Waals surface area contributed by atoms with Crippen LogP contribution in [0.3, 0.4) is 0 Å². The zero-order valence-electron chi connectivity index (χ0n) is 29.9. The van der Waals surface area contributed by atoms with E-state index in [1.165, 1.54) is 22.0 Å². The van der Waals surface area contributed by atoms with Crippen LogP contribution >= 0.6 is 0 Å². The van der Waals surface area contributed by atoms with Gasteiger partial charge < -0.3 is 14.4 Å². The molecule has 7 aromatic rings. The topological polar surface area (TPSA) is 47.5 Å². The molecule has 5 heteroatoms. The van der Waals surface area contributed by atoms with Crippen LogP contribution in [0.15, 0.2) is 199 Å². The van der Waals surface area contributed by atoms with E-state index in [-0.39, 0.29) is 18.1 Å². The lowest BCUT2D eigenvalue weighted by Crippen LogP contribution is -2.39. The molecular weight excluding hydrogens is 675 g/mol. The molecule has 0 saturated carbocycles. The van der Waals surface area contributed by atoms with Gasteiger partial charge in [-0.25, -0.2) is 9.97 Å². The van der Waals surface area contributed by atoms with E-state index in [0.717, 1.165) is 68.6 Å². The summed E-state index contributed by atoms with van der Waals surface area (Å²) < 4.78 is 13.4. The SMILES string of the molecule is C1=CCC2OC3=C(C=CC4c5ccc6ccccc6c5N(c5cccc(-c6cccc(-c7nc(-c8ccccc8)cc(-c8ccccc8)n7)c6)c5)C34)OC2=C1. The largest absolute Gasteiger partial charge is 0.480 e. The number of aromatic nitrogens is 2. The second-order valence-electron chi connectivity index (χ2n) is 14.4. The molecular formula is C50H35N3O2. The lowest BCUT2D eigenvalue weighted by atomic mass is 9.88. The summed E-state index contributed by atoms with van der Waals surface area (Å²) in [5, 5.41) is 2.43. The first-order valence-corrected chi connectivity index (χ1v) is 18.9. The summed E-state index contributed by atoms with van der Waals surface area (Å²) in [5.74, 6) is 3.34. The molecule has 0 saturated heterocycles. The molecule has 3 atom stereocenters. The molecule has 2 aliphatic heterocycles. The van der Waals surface area contributed by atoms with E-state index in [4.69, 9.17) is 19.4 Å². The first-order chi connectivity index (χ1) is 27.2. The number of allylic oxidation sites excluding steroid dienone is 3. The van der Waals surface area contributed by atoms with Crippen molar-refractivity contribution in [2.75, 3.05) is 4.90 Å². The summed E-state index contributed by atoms with van der Waals surface area (Å²) >= 11 is 0. The molecule has 0 N–H and O–H groups in total. The van der Waals surface area contributed by atoms with Gasteiger partial charge in [0.05, 0.1) is 17.1 Å². The normalized spacial score (nSPS) is 19.2. The van der Waals surface area contributed by atoms with Gasteiger partial charge in [0.1, 0.15) is 11.8 Å². The van der Waals surface area contributed by atoms with Crippen molar-refractivity contribution in [1.82, 2.24) is 9.97 Å². The summed E-state index contributed by atoms with van der Waals surface area (Å²) in [4.78, 5) is 12.7. The zero-order valence-corrected chi connectivity index (χ0v) is 29.9. The van der Waals surface area contributed by atoms with Crippen LogP contribution in [0.1, 0.15) is 17.9 Å². The van der Waals surface area contributed by atoms with Crippen LogP contribution in [0.5, 0.6) is 0 Å². The molecule has 0 fully saturated rings. The predicted octanol–water partition coefficient (Wildman–Crippen LogP) is 11.9. The van der Waals surface area contributed by atoms with E-state index in [1.807, 2.05) is 42.5 Å². The van der Waals surface area contributed by atoms with Crippen molar-refractivity contribution < 1.29 is 9.47 Å². The van der Waals surface area contributed by atoms with Gasteiger partial charge in [-0.05, 0) is 58.5 Å². The molecule has 55 heavy (non-hydrogen) atoms. The lowest BCUT2D eigenvalue weighted by molar-refractivity contribution is 0.0401. The van der Waals surface area contributed by atoms with Crippen LogP contribution in [-0.2, 0) is 9.47 Å². The van der Waals surface area contributed by atoms with Gasteiger partial charge in [0.15, 0.2) is 23.4 Å². The maximum atomic E-state index is 6.89. The van der Waals surface area contributed by atoms with Crippen LogP contribution in [-0.4, -0.2) is 22.1 Å². The third kappa shape index (κ3) is 5.39. The fraction of sp³-hybridized carbons (Fsp3) is 0.0800. The second kappa shape index (κ2) is 12.9. The smallest absolute Gasteiger partial charge is 0.166 e. The molecule has 0 bridgehead atoms. The van der Waals surface area contributed by atoms with Crippen molar-refractivity contribution in [1.29, 1.82) is 0 Å². The molecule has 262 valence electrons. The minimum absolute atomic E-state index is 0.0969. The average molecular weight is 710 g/mol. The first kappa shape index (κ1) is 31.5. The van der Waals surface area contributed by atoms with E-state index in [0.29, 0.717) is 5.82 Å². The minimum atomic E-state index is -0.128. The Balaban J connectivity index is 1.03. The van der Waals surface area contributed by atoms with Crippen molar-refractivity contribution >= 4 is 22.1 Å². The molecule has 3 unspecified atom stereocenters. The first-order valence-electron chi connectivity index (χ1n) is 18.9. The molecule has 3 heterocycles. The number of hydrogen-bond acceptors (Lipinski definition) is 5. The van der Waals surface area contributed by atoms with Crippen LogP contribution in [0.4, 0.5) is 11.4 Å². The Morgan fingerprint density at radius 2 is 1.31 bits per heavy atom. The minimum Gasteiger partial charge on any atom is -0.480 e. The van der Waals surface area contributed by atoms with Gasteiger partial charge in [-0.1, -0.05) is 146 Å². The zero-order chi connectivity index (χ0) is 36.3. The fourth-order valence-corrected chi connectivity index (χ4v) is 8.53. The molecule has 5 nitrogen and oxygen atoms in total. The highest BCUT2D eigenvalue weighted by atomic mass is 16.6. The number of ether oxygens (including phenoxy) is 2. The Labute approximate surface area is 319 Å². The van der Waals surface area contributed by atoms with E-state index in [2.05, 4.69) is 144 Å². The summed E-state index contributed by atoms with van der Waals surface area (Å²) in [5.41, 5.74) is 10.6. The number of fused-ring (bicyclic) bond motifs is 7. The van der Waals surface area contributed by atoms with E-state index < -0.39 is 0 Å². The van der Waals surface area contributed by atoms with E-state index in [9.17, 15) is 0 Å². The van der Waals surface area contributed by atoms with Gasteiger partial charge in [0.25, 0.3) is 0 Å². The number of benzene rings is 6. The molecule has 0 spiro atoms. The fourth-order valence-electron chi connectivity index (χ4n) is 8.53. The summed E-state index contributed by atoms with van der Waals surface area (Å²) in [6, 6.07) is 53.3. The Bertz CT molecular complexity index is 2710. The number of rotatable bonds is 5. The van der Waals surface area contributed by atoms with Crippen molar-refractivity contribution in [2.45, 2.75) is 24.5 Å². The quantitative estimate of drug-likeness (QED) is 0.178. The van der Waals surface area contributed by atoms with E-state index in [1.54, 1.807) is 0 Å². The van der Waals surface area contributed by atoms with Gasteiger partial charge in [0.2, 0.25) is 0 Å². The Morgan fingerprint density at radius 3 is 2.11 bits per heavy atom. The van der Waals surface area contributed by atoms with Crippen molar-refractivity contribution in [3.8, 4) is 45.0 Å². The Morgan fingerprint density at radius 1 is 0.618 bits per heavy atom. The molecule has 4 aliphatic rings. The van der Waals surface area contributed by atoms with Crippen LogP contribution < -0.4 is 4.90 Å². The highest BCUT2D eigenvalue weighted by Crippen LogP contribution is 2.55. The lowest BCUT2D eigenvalue weighted by Gasteiger charge is -2.39. The maximum Gasteiger partial charge on any atom is 0.166 e. The van der Waals surface area contributed by atoms with E-state index >= 15 is 0 Å². The maximum absolute atomic E-state index is 6.89. The highest BCUT2D eigenvalue weighted by molar-refractivity contribution is 6.01. The average Bonchev–Trinajstić information content (AvgIpc) is 3.62. The van der Waals surface area contributed by atoms with Crippen molar-refractivity contribution in [2.24, 2.45) is 0 Å². The number of nitrogens with zero attached hydrogens (tertiary/aromatic N) is 3. The monoisotopic (exact) mass is 709 g/mol. The standard InChI is InChI=1S/C50H35N3O2/c1-3-14-33(15-4-1)42-31-43(34-16-5-2-6-17-34)52-50(51-42)37-20-11-18-35(29-37)36-19-12-21-38(30-36)53-47-39-22-8-7-13-32(39)25-26-40(47)41-27-28-46-49(48(41)53)55-45-24-10-9-23-44(45)54-46/h1-23,25-31,41,45,48H,24H2. The van der Waals surface area contributed by atoms with Crippen LogP contribution in [0, 0.1) is 0 Å². The van der Waals surface area contributed by atoms with Crippen LogP contribution in [0.2, 0.25) is 0 Å². The third-order valence-corrected chi connectivity index (χ3v) is 11.1. The molecule has 6 aromatic carbocycles. The van der Waals surface area contributed by atoms with Gasteiger partial charge in [-0.15, -0.1) is 0 Å². The summed E-state index contributed by atoms with van der Waals surface area (Å²) in [6.45, 7) is 0. The Hall–Kier alpha value is -6.98. The predicted molar refractivity (Wildman–Crippen MR) is 220 cm³/mol. The summed E-state index contributed by atoms with van der Waals surface area (Å²) in [7, 11) is 0. The van der Waals surface area contributed by atoms with Gasteiger partial charge in [-0.2, -0.15) is 0 Å². The molecule has 1 aromatic heterocycles.